The lowest BCUT2D eigenvalue weighted by Gasteiger charge is -1.95. The first-order chi connectivity index (χ1) is 5.54. The molecule has 0 fully saturated rings. The summed E-state index contributed by atoms with van der Waals surface area (Å²) in [7, 11) is -4.65. The fourth-order valence-corrected chi connectivity index (χ4v) is 1.20. The lowest BCUT2D eigenvalue weighted by Crippen LogP contribution is -1.91. The van der Waals surface area contributed by atoms with Crippen LogP contribution >= 0.6 is 0 Å². The van der Waals surface area contributed by atoms with Crippen molar-refractivity contribution in [1.29, 1.82) is 0 Å². The zero-order valence-electron chi connectivity index (χ0n) is 6.00. The molecule has 1 rings (SSSR count). The molecule has 0 saturated heterocycles. The summed E-state index contributed by atoms with van der Waals surface area (Å²) >= 11 is 0. The molecule has 0 heterocycles. The van der Waals surface area contributed by atoms with E-state index in [9.17, 15) is 16.7 Å². The summed E-state index contributed by atoms with van der Waals surface area (Å²) in [5, 5.41) is 0. The molecule has 66 valence electrons. The van der Waals surface area contributed by atoms with Crippen LogP contribution in [-0.4, -0.2) is 8.42 Å². The maximum atomic E-state index is 12.2. The van der Waals surface area contributed by atoms with E-state index < -0.39 is 21.8 Å². The fourth-order valence-electron chi connectivity index (χ4n) is 0.741. The van der Waals surface area contributed by atoms with Crippen molar-refractivity contribution in [3.63, 3.8) is 0 Å². The van der Waals surface area contributed by atoms with E-state index in [0.717, 1.165) is 12.1 Å². The zero-order chi connectivity index (χ0) is 9.19. The molecule has 0 bridgehead atoms. The number of benzene rings is 1. The zero-order valence-corrected chi connectivity index (χ0v) is 6.81. The van der Waals surface area contributed by atoms with Crippen molar-refractivity contribution >= 4 is 10.2 Å². The molecule has 0 radical (unpaired) electrons. The molecule has 0 atom stereocenters. The molecule has 0 N–H and O–H groups in total. The van der Waals surface area contributed by atoms with Crippen molar-refractivity contribution in [2.45, 2.75) is 11.6 Å². The topological polar surface area (TPSA) is 34.1 Å². The van der Waals surface area contributed by atoms with E-state index in [1.807, 2.05) is 0 Å². The van der Waals surface area contributed by atoms with Crippen LogP contribution in [0.4, 0.5) is 8.28 Å². The molecular formula is C7H6F2O2S. The molecule has 0 unspecified atom stereocenters. The van der Waals surface area contributed by atoms with Crippen molar-refractivity contribution < 1.29 is 16.7 Å². The second-order valence-electron chi connectivity index (χ2n) is 2.22. The summed E-state index contributed by atoms with van der Waals surface area (Å²) in [5.74, 6) is 0. The third-order valence-corrected chi connectivity index (χ3v) is 2.19. The molecule has 5 heteroatoms. The van der Waals surface area contributed by atoms with Gasteiger partial charge >= 0.3 is 10.2 Å². The van der Waals surface area contributed by atoms with Gasteiger partial charge < -0.3 is 0 Å². The lowest BCUT2D eigenvalue weighted by atomic mass is 10.2. The molecule has 0 spiro atoms. The second kappa shape index (κ2) is 3.18. The third kappa shape index (κ3) is 2.01. The van der Waals surface area contributed by atoms with E-state index in [4.69, 9.17) is 0 Å². The largest absolute Gasteiger partial charge is 0.332 e. The minimum Gasteiger partial charge on any atom is -0.246 e. The molecule has 12 heavy (non-hydrogen) atoms. The number of hydrogen-bond acceptors (Lipinski definition) is 2. The highest BCUT2D eigenvalue weighted by atomic mass is 32.3. The lowest BCUT2D eigenvalue weighted by molar-refractivity contribution is 0.485. The van der Waals surface area contributed by atoms with Gasteiger partial charge in [-0.15, -0.1) is 3.89 Å². The predicted octanol–water partition coefficient (Wildman–Crippen LogP) is 1.81. The van der Waals surface area contributed by atoms with Crippen molar-refractivity contribution in [1.82, 2.24) is 0 Å². The van der Waals surface area contributed by atoms with Gasteiger partial charge in [0, 0.05) is 0 Å². The second-order valence-corrected chi connectivity index (χ2v) is 3.56. The minimum absolute atomic E-state index is 0.322. The van der Waals surface area contributed by atoms with Crippen LogP contribution in [0, 0.1) is 0 Å². The van der Waals surface area contributed by atoms with Crippen LogP contribution in [0.15, 0.2) is 29.2 Å². The Morgan fingerprint density at radius 1 is 1.17 bits per heavy atom. The Balaban J connectivity index is 3.09. The summed E-state index contributed by atoms with van der Waals surface area (Å²) in [4.78, 5) is -0.445. The first-order valence-electron chi connectivity index (χ1n) is 3.13. The van der Waals surface area contributed by atoms with Gasteiger partial charge in [-0.05, 0) is 17.7 Å². The van der Waals surface area contributed by atoms with Gasteiger partial charge in [0.25, 0.3) is 0 Å². The van der Waals surface area contributed by atoms with E-state index in [0.29, 0.717) is 5.56 Å². The number of halogens is 2. The van der Waals surface area contributed by atoms with Gasteiger partial charge in [0.2, 0.25) is 0 Å². The maximum Gasteiger partial charge on any atom is 0.332 e. The van der Waals surface area contributed by atoms with Gasteiger partial charge in [-0.3, -0.25) is 0 Å². The van der Waals surface area contributed by atoms with Crippen LogP contribution in [0.1, 0.15) is 5.56 Å². The van der Waals surface area contributed by atoms with Crippen LogP contribution in [0.25, 0.3) is 0 Å². The Hall–Kier alpha value is -0.970. The van der Waals surface area contributed by atoms with Gasteiger partial charge in [0.05, 0.1) is 4.90 Å². The Bertz CT molecular complexity index is 355. The summed E-state index contributed by atoms with van der Waals surface area (Å²) in [6.07, 6.45) is 0. The van der Waals surface area contributed by atoms with Gasteiger partial charge in [0.1, 0.15) is 6.67 Å². The third-order valence-electron chi connectivity index (χ3n) is 1.36. The fraction of sp³-hybridized carbons (Fsp3) is 0.143. The van der Waals surface area contributed by atoms with E-state index in [-0.39, 0.29) is 0 Å². The molecule has 1 aromatic carbocycles. The average molecular weight is 192 g/mol. The molecule has 0 aliphatic carbocycles. The van der Waals surface area contributed by atoms with Gasteiger partial charge in [-0.1, -0.05) is 12.1 Å². The summed E-state index contributed by atoms with van der Waals surface area (Å²) in [6.45, 7) is -0.688. The Morgan fingerprint density at radius 3 is 2.00 bits per heavy atom. The van der Waals surface area contributed by atoms with E-state index >= 15 is 0 Å². The van der Waals surface area contributed by atoms with Crippen molar-refractivity contribution in [2.24, 2.45) is 0 Å². The monoisotopic (exact) mass is 192 g/mol. The SMILES string of the molecule is O=S(=O)(F)c1ccc(CF)cc1. The quantitative estimate of drug-likeness (QED) is 0.670. The minimum atomic E-state index is -4.65. The average Bonchev–Trinajstić information content (AvgIpc) is 2.03. The molecule has 0 aromatic heterocycles. The van der Waals surface area contributed by atoms with E-state index in [1.54, 1.807) is 0 Å². The summed E-state index contributed by atoms with van der Waals surface area (Å²) in [6, 6.07) is 4.52. The Kier molecular flexibility index (Phi) is 2.42. The van der Waals surface area contributed by atoms with Crippen LogP contribution < -0.4 is 0 Å². The number of alkyl halides is 1. The molecular weight excluding hydrogens is 186 g/mol. The molecule has 0 aliphatic heterocycles. The smallest absolute Gasteiger partial charge is 0.246 e. The first kappa shape index (κ1) is 9.12. The van der Waals surface area contributed by atoms with Crippen molar-refractivity contribution in [2.75, 3.05) is 0 Å². The van der Waals surface area contributed by atoms with E-state index in [2.05, 4.69) is 0 Å². The van der Waals surface area contributed by atoms with Crippen molar-refractivity contribution in [3.8, 4) is 0 Å². The van der Waals surface area contributed by atoms with Crippen LogP contribution in [0.2, 0.25) is 0 Å². The molecule has 2 nitrogen and oxygen atoms in total. The highest BCUT2D eigenvalue weighted by Gasteiger charge is 2.10. The molecule has 0 amide bonds. The predicted molar refractivity (Wildman–Crippen MR) is 39.5 cm³/mol. The van der Waals surface area contributed by atoms with E-state index in [1.165, 1.54) is 12.1 Å². The van der Waals surface area contributed by atoms with Crippen molar-refractivity contribution in [3.05, 3.63) is 29.8 Å². The van der Waals surface area contributed by atoms with Gasteiger partial charge in [-0.25, -0.2) is 4.39 Å². The summed E-state index contributed by atoms with van der Waals surface area (Å²) < 4.78 is 44.7. The maximum absolute atomic E-state index is 12.2. The molecule has 0 aliphatic rings. The van der Waals surface area contributed by atoms with Gasteiger partial charge in [-0.2, -0.15) is 8.42 Å². The molecule has 0 saturated carbocycles. The Morgan fingerprint density at radius 2 is 1.67 bits per heavy atom. The standard InChI is InChI=1S/C7H6F2O2S/c8-5-6-1-3-7(4-2-6)12(9,10)11/h1-4H,5H2. The van der Waals surface area contributed by atoms with Crippen LogP contribution in [0.3, 0.4) is 0 Å². The highest BCUT2D eigenvalue weighted by Crippen LogP contribution is 2.13. The van der Waals surface area contributed by atoms with Crippen LogP contribution in [-0.2, 0) is 16.9 Å². The van der Waals surface area contributed by atoms with Gasteiger partial charge in [0.15, 0.2) is 0 Å². The first-order valence-corrected chi connectivity index (χ1v) is 4.52. The Labute approximate surface area is 69.0 Å². The number of rotatable bonds is 2. The summed E-state index contributed by atoms with van der Waals surface area (Å²) in [5.41, 5.74) is 0.322. The number of hydrogen-bond donors (Lipinski definition) is 0. The normalized spacial score (nSPS) is 11.5. The highest BCUT2D eigenvalue weighted by molar-refractivity contribution is 7.86. The van der Waals surface area contributed by atoms with Crippen LogP contribution in [0.5, 0.6) is 0 Å². The molecule has 1 aromatic rings.